The Balaban J connectivity index is 1.55. The van der Waals surface area contributed by atoms with Gasteiger partial charge in [0.2, 0.25) is 0 Å². The van der Waals surface area contributed by atoms with Gasteiger partial charge in [0, 0.05) is 43.8 Å². The minimum atomic E-state index is 0.00326. The zero-order valence-electron chi connectivity index (χ0n) is 11.6. The van der Waals surface area contributed by atoms with Crippen molar-refractivity contribution in [1.82, 2.24) is 14.8 Å². The number of hydrogen-bond donors (Lipinski definition) is 1. The number of rotatable bonds is 3. The first-order valence-corrected chi connectivity index (χ1v) is 7.77. The van der Waals surface area contributed by atoms with Crippen LogP contribution in [0.25, 0.3) is 0 Å². The molecule has 0 saturated carbocycles. The first kappa shape index (κ1) is 13.9. The minimum absolute atomic E-state index is 0.00326. The zero-order chi connectivity index (χ0) is 14.7. The average Bonchev–Trinajstić information content (AvgIpc) is 3.18. The lowest BCUT2D eigenvalue weighted by Crippen LogP contribution is -2.48. The van der Waals surface area contributed by atoms with Crippen molar-refractivity contribution in [3.05, 3.63) is 45.9 Å². The number of nitrogens with zero attached hydrogens (tertiary/aromatic N) is 3. The van der Waals surface area contributed by atoms with Crippen molar-refractivity contribution < 1.29 is 4.79 Å². The molecule has 2 aromatic heterocycles. The van der Waals surface area contributed by atoms with Gasteiger partial charge >= 0.3 is 0 Å². The second-order valence-electron chi connectivity index (χ2n) is 5.06. The number of carbonyl (C=O) groups is 1. The van der Waals surface area contributed by atoms with E-state index in [1.165, 1.54) is 4.88 Å². The Morgan fingerprint density at radius 3 is 2.81 bits per heavy atom. The number of piperazine rings is 1. The van der Waals surface area contributed by atoms with Crippen molar-refractivity contribution in [3.8, 4) is 6.07 Å². The fourth-order valence-electron chi connectivity index (χ4n) is 2.50. The smallest absolute Gasteiger partial charge is 0.255 e. The first-order valence-electron chi connectivity index (χ1n) is 6.89. The monoisotopic (exact) mass is 300 g/mol. The molecule has 21 heavy (non-hydrogen) atoms. The Morgan fingerprint density at radius 2 is 2.19 bits per heavy atom. The number of amides is 1. The maximum Gasteiger partial charge on any atom is 0.255 e. The van der Waals surface area contributed by atoms with Gasteiger partial charge in [-0.3, -0.25) is 9.69 Å². The largest absolute Gasteiger partial charge is 0.352 e. The predicted octanol–water partition coefficient (Wildman–Crippen LogP) is 1.91. The van der Waals surface area contributed by atoms with Gasteiger partial charge in [-0.2, -0.15) is 5.26 Å². The molecule has 1 aliphatic rings. The number of H-pyrrole nitrogens is 1. The van der Waals surface area contributed by atoms with Crippen LogP contribution in [-0.2, 0) is 6.54 Å². The molecule has 6 heteroatoms. The number of hydrogen-bond acceptors (Lipinski definition) is 4. The summed E-state index contributed by atoms with van der Waals surface area (Å²) in [6, 6.07) is 7.83. The van der Waals surface area contributed by atoms with Crippen molar-refractivity contribution in [1.29, 1.82) is 5.26 Å². The van der Waals surface area contributed by atoms with E-state index in [1.54, 1.807) is 23.6 Å². The fourth-order valence-corrected chi connectivity index (χ4v) is 3.24. The third-order valence-corrected chi connectivity index (χ3v) is 4.53. The molecule has 0 aliphatic carbocycles. The Labute approximate surface area is 127 Å². The molecule has 0 bridgehead atoms. The molecule has 1 N–H and O–H groups in total. The summed E-state index contributed by atoms with van der Waals surface area (Å²) < 4.78 is 0. The van der Waals surface area contributed by atoms with Crippen LogP contribution < -0.4 is 0 Å². The van der Waals surface area contributed by atoms with Crippen molar-refractivity contribution in [2.24, 2.45) is 0 Å². The second kappa shape index (κ2) is 6.12. The van der Waals surface area contributed by atoms with E-state index in [-0.39, 0.29) is 5.91 Å². The van der Waals surface area contributed by atoms with Crippen molar-refractivity contribution in [2.75, 3.05) is 26.2 Å². The molecule has 0 atom stereocenters. The van der Waals surface area contributed by atoms with Gasteiger partial charge in [0.05, 0.1) is 5.56 Å². The highest BCUT2D eigenvalue weighted by molar-refractivity contribution is 7.09. The van der Waals surface area contributed by atoms with E-state index < -0.39 is 0 Å². The molecule has 0 spiro atoms. The Kier molecular flexibility index (Phi) is 4.04. The van der Waals surface area contributed by atoms with E-state index in [0.29, 0.717) is 11.3 Å². The summed E-state index contributed by atoms with van der Waals surface area (Å²) in [7, 11) is 0. The van der Waals surface area contributed by atoms with Crippen LogP contribution in [0.15, 0.2) is 29.8 Å². The molecule has 0 radical (unpaired) electrons. The standard InChI is InChI=1S/C15H16N4OS/c16-9-13-8-12(10-17-13)15(20)19-5-3-18(4-6-19)11-14-2-1-7-21-14/h1-2,7-8,10,17H,3-6,11H2. The van der Waals surface area contributed by atoms with Crippen LogP contribution >= 0.6 is 11.3 Å². The molecule has 1 fully saturated rings. The normalized spacial score (nSPS) is 15.9. The molecule has 0 unspecified atom stereocenters. The van der Waals surface area contributed by atoms with Crippen LogP contribution in [-0.4, -0.2) is 46.9 Å². The van der Waals surface area contributed by atoms with E-state index in [9.17, 15) is 4.79 Å². The lowest BCUT2D eigenvalue weighted by atomic mass is 10.2. The van der Waals surface area contributed by atoms with Gasteiger partial charge in [-0.1, -0.05) is 6.07 Å². The molecule has 1 aliphatic heterocycles. The second-order valence-corrected chi connectivity index (χ2v) is 6.09. The average molecular weight is 300 g/mol. The number of aromatic nitrogens is 1. The highest BCUT2D eigenvalue weighted by Crippen LogP contribution is 2.15. The summed E-state index contributed by atoms with van der Waals surface area (Å²) in [5.41, 5.74) is 0.993. The lowest BCUT2D eigenvalue weighted by Gasteiger charge is -2.34. The predicted molar refractivity (Wildman–Crippen MR) is 81.0 cm³/mol. The van der Waals surface area contributed by atoms with Crippen LogP contribution in [0.3, 0.4) is 0 Å². The molecule has 3 heterocycles. The zero-order valence-corrected chi connectivity index (χ0v) is 12.4. The number of aromatic amines is 1. The van der Waals surface area contributed by atoms with Gasteiger partial charge in [0.15, 0.2) is 0 Å². The van der Waals surface area contributed by atoms with Gasteiger partial charge in [-0.25, -0.2) is 0 Å². The fraction of sp³-hybridized carbons (Fsp3) is 0.333. The Bertz CT molecular complexity index is 648. The Morgan fingerprint density at radius 1 is 1.38 bits per heavy atom. The number of thiophene rings is 1. The summed E-state index contributed by atoms with van der Waals surface area (Å²) >= 11 is 1.77. The van der Waals surface area contributed by atoms with Gasteiger partial charge < -0.3 is 9.88 Å². The van der Waals surface area contributed by atoms with E-state index in [4.69, 9.17) is 5.26 Å². The Hall–Kier alpha value is -2.10. The van der Waals surface area contributed by atoms with Crippen LogP contribution in [0.5, 0.6) is 0 Å². The summed E-state index contributed by atoms with van der Waals surface area (Å²) in [5.74, 6) is 0.00326. The highest BCUT2D eigenvalue weighted by atomic mass is 32.1. The van der Waals surface area contributed by atoms with Gasteiger partial charge in [-0.05, 0) is 17.5 Å². The molecular weight excluding hydrogens is 284 g/mol. The third-order valence-electron chi connectivity index (χ3n) is 3.67. The summed E-state index contributed by atoms with van der Waals surface area (Å²) in [5, 5.41) is 10.9. The van der Waals surface area contributed by atoms with Crippen LogP contribution in [0.4, 0.5) is 0 Å². The molecule has 108 valence electrons. The molecule has 5 nitrogen and oxygen atoms in total. The SMILES string of the molecule is N#Cc1cc(C(=O)N2CCN(Cc3cccs3)CC2)c[nH]1. The molecular formula is C15H16N4OS. The molecule has 3 rings (SSSR count). The van der Waals surface area contributed by atoms with Crippen molar-refractivity contribution in [3.63, 3.8) is 0 Å². The quantitative estimate of drug-likeness (QED) is 0.941. The van der Waals surface area contributed by atoms with Crippen molar-refractivity contribution in [2.45, 2.75) is 6.54 Å². The number of nitriles is 1. The van der Waals surface area contributed by atoms with Gasteiger partial charge in [-0.15, -0.1) is 11.3 Å². The molecule has 1 saturated heterocycles. The lowest BCUT2D eigenvalue weighted by molar-refractivity contribution is 0.0630. The topological polar surface area (TPSA) is 63.1 Å². The molecule has 1 amide bonds. The van der Waals surface area contributed by atoms with Crippen molar-refractivity contribution >= 4 is 17.2 Å². The maximum atomic E-state index is 12.3. The van der Waals surface area contributed by atoms with Gasteiger partial charge in [0.25, 0.3) is 5.91 Å². The third kappa shape index (κ3) is 3.15. The van der Waals surface area contributed by atoms with E-state index in [2.05, 4.69) is 27.4 Å². The molecule has 2 aromatic rings. The number of carbonyl (C=O) groups excluding carboxylic acids is 1. The highest BCUT2D eigenvalue weighted by Gasteiger charge is 2.22. The van der Waals surface area contributed by atoms with Crippen LogP contribution in [0, 0.1) is 11.3 Å². The van der Waals surface area contributed by atoms with E-state index in [1.807, 2.05) is 11.0 Å². The van der Waals surface area contributed by atoms with Crippen LogP contribution in [0.1, 0.15) is 20.9 Å². The van der Waals surface area contributed by atoms with Gasteiger partial charge in [0.1, 0.15) is 11.8 Å². The van der Waals surface area contributed by atoms with E-state index >= 15 is 0 Å². The van der Waals surface area contributed by atoms with Crippen LogP contribution in [0.2, 0.25) is 0 Å². The van der Waals surface area contributed by atoms with E-state index in [0.717, 1.165) is 32.7 Å². The number of nitrogens with one attached hydrogen (secondary N) is 1. The molecule has 0 aromatic carbocycles. The summed E-state index contributed by atoms with van der Waals surface area (Å²) in [4.78, 5) is 20.7. The maximum absolute atomic E-state index is 12.3. The summed E-state index contributed by atoms with van der Waals surface area (Å²) in [6.07, 6.45) is 1.61. The summed E-state index contributed by atoms with van der Waals surface area (Å²) in [6.45, 7) is 4.20. The first-order chi connectivity index (χ1) is 10.3. The minimum Gasteiger partial charge on any atom is -0.352 e.